The van der Waals surface area contributed by atoms with Gasteiger partial charge in [-0.25, -0.2) is 0 Å². The lowest BCUT2D eigenvalue weighted by molar-refractivity contribution is -0.127. The van der Waals surface area contributed by atoms with Gasteiger partial charge in [0.25, 0.3) is 5.91 Å². The van der Waals surface area contributed by atoms with Crippen molar-refractivity contribution >= 4 is 39.9 Å². The summed E-state index contributed by atoms with van der Waals surface area (Å²) in [4.78, 5) is 42.0. The van der Waals surface area contributed by atoms with Crippen molar-refractivity contribution in [3.05, 3.63) is 66.1 Å². The summed E-state index contributed by atoms with van der Waals surface area (Å²) < 4.78 is 35.4. The zero-order valence-electron chi connectivity index (χ0n) is 26.1. The second kappa shape index (κ2) is 16.1. The van der Waals surface area contributed by atoms with Crippen LogP contribution in [0.3, 0.4) is 0 Å². The number of methoxy groups -OCH3 is 2. The lowest BCUT2D eigenvalue weighted by Gasteiger charge is -2.32. The Balaban J connectivity index is 1.60. The number of hydrogen-bond donors (Lipinski definition) is 2. The van der Waals surface area contributed by atoms with Crippen LogP contribution in [0.25, 0.3) is 0 Å². The van der Waals surface area contributed by atoms with Crippen LogP contribution in [0.5, 0.6) is 17.2 Å². The number of nitrogens with one attached hydrogen (secondary N) is 2. The lowest BCUT2D eigenvalue weighted by atomic mass is 9.95. The van der Waals surface area contributed by atoms with Crippen LogP contribution in [-0.2, 0) is 25.2 Å². The summed E-state index contributed by atoms with van der Waals surface area (Å²) in [6.07, 6.45) is 4.80. The van der Waals surface area contributed by atoms with E-state index in [0.717, 1.165) is 32.1 Å². The van der Waals surface area contributed by atoms with E-state index >= 15 is 0 Å². The number of carbonyl (C=O) groups excluding carboxylic acids is 3. The molecule has 1 aliphatic rings. The molecule has 0 aliphatic heterocycles. The van der Waals surface area contributed by atoms with Gasteiger partial charge in [0.15, 0.2) is 17.5 Å². The molecule has 0 bridgehead atoms. The van der Waals surface area contributed by atoms with E-state index in [1.807, 2.05) is 6.92 Å². The van der Waals surface area contributed by atoms with Gasteiger partial charge in [-0.2, -0.15) is 0 Å². The molecule has 0 radical (unpaired) electrons. The largest absolute Gasteiger partial charge is 0.494 e. The summed E-state index contributed by atoms with van der Waals surface area (Å²) in [5.41, 5.74) is 0.817. The third-order valence-electron chi connectivity index (χ3n) is 7.43. The molecule has 1 saturated carbocycles. The third-order valence-corrected chi connectivity index (χ3v) is 8.58. The monoisotopic (exact) mass is 639 g/mol. The van der Waals surface area contributed by atoms with Gasteiger partial charge in [0, 0.05) is 34.3 Å². The molecule has 4 rings (SSSR count). The van der Waals surface area contributed by atoms with Crippen molar-refractivity contribution in [2.75, 3.05) is 42.5 Å². The van der Waals surface area contributed by atoms with E-state index in [0.29, 0.717) is 41.0 Å². The molecule has 0 unspecified atom stereocenters. The number of benzene rings is 2. The Bertz CT molecular complexity index is 1480. The molecule has 1 fully saturated rings. The number of hydrogen-bond acceptors (Lipinski definition) is 8. The molecule has 242 valence electrons. The van der Waals surface area contributed by atoms with Gasteiger partial charge < -0.3 is 29.3 Å². The van der Waals surface area contributed by atoms with Crippen molar-refractivity contribution in [2.24, 2.45) is 0 Å². The Morgan fingerprint density at radius 1 is 0.956 bits per heavy atom. The number of rotatable bonds is 14. The maximum Gasteiger partial charge on any atom is 0.251 e. The van der Waals surface area contributed by atoms with Crippen molar-refractivity contribution in [1.82, 2.24) is 5.32 Å². The highest BCUT2D eigenvalue weighted by atomic mass is 32.2. The first-order valence-corrected chi connectivity index (χ1v) is 16.5. The Morgan fingerprint density at radius 2 is 1.67 bits per heavy atom. The van der Waals surface area contributed by atoms with Crippen molar-refractivity contribution in [3.8, 4) is 17.2 Å². The van der Waals surface area contributed by atoms with E-state index in [9.17, 15) is 18.6 Å². The molecule has 0 saturated heterocycles. The molecule has 12 heteroatoms. The summed E-state index contributed by atoms with van der Waals surface area (Å²) in [6.45, 7) is 4.14. The van der Waals surface area contributed by atoms with E-state index in [-0.39, 0.29) is 11.8 Å². The molecular formula is C33H41N3O8S. The SMILES string of the molecule is CCOc1ccc(NC(=O)C[S@@](=O)CC(=O)N(c2ccc(OC)c(OC)c2)[C@H](C(=O)NC2CCCCC2)c2ccc(C)o2)cc1. The second-order valence-corrected chi connectivity index (χ2v) is 12.2. The van der Waals surface area contributed by atoms with Gasteiger partial charge in [0.2, 0.25) is 11.8 Å². The van der Waals surface area contributed by atoms with Gasteiger partial charge in [0.1, 0.15) is 28.8 Å². The second-order valence-electron chi connectivity index (χ2n) is 10.7. The maximum atomic E-state index is 14.1. The molecular weight excluding hydrogens is 598 g/mol. The predicted molar refractivity (Wildman–Crippen MR) is 172 cm³/mol. The van der Waals surface area contributed by atoms with E-state index < -0.39 is 46.1 Å². The van der Waals surface area contributed by atoms with Crippen molar-refractivity contribution in [2.45, 2.75) is 58.0 Å². The van der Waals surface area contributed by atoms with Crippen LogP contribution in [0.2, 0.25) is 0 Å². The zero-order valence-corrected chi connectivity index (χ0v) is 26.9. The molecule has 45 heavy (non-hydrogen) atoms. The summed E-state index contributed by atoms with van der Waals surface area (Å²) in [7, 11) is 1.06. The predicted octanol–water partition coefficient (Wildman–Crippen LogP) is 4.91. The number of carbonyl (C=O) groups is 3. The number of ether oxygens (including phenoxy) is 3. The summed E-state index contributed by atoms with van der Waals surface area (Å²) >= 11 is 0. The topological polar surface area (TPSA) is 136 Å². The highest BCUT2D eigenvalue weighted by molar-refractivity contribution is 7.86. The molecule has 1 aliphatic carbocycles. The Kier molecular flexibility index (Phi) is 12.0. The molecule has 0 spiro atoms. The van der Waals surface area contributed by atoms with E-state index in [2.05, 4.69) is 10.6 Å². The van der Waals surface area contributed by atoms with E-state index in [1.165, 1.54) is 19.1 Å². The average Bonchev–Trinajstić information content (AvgIpc) is 3.46. The van der Waals surface area contributed by atoms with Crippen LogP contribution < -0.4 is 29.7 Å². The molecule has 2 N–H and O–H groups in total. The zero-order chi connectivity index (χ0) is 32.3. The quantitative estimate of drug-likeness (QED) is 0.254. The van der Waals surface area contributed by atoms with Crippen LogP contribution in [0.1, 0.15) is 56.6 Å². The molecule has 2 aromatic carbocycles. The van der Waals surface area contributed by atoms with Crippen molar-refractivity contribution in [1.29, 1.82) is 0 Å². The highest BCUT2D eigenvalue weighted by Crippen LogP contribution is 2.36. The van der Waals surface area contributed by atoms with Crippen LogP contribution in [0.15, 0.2) is 59.0 Å². The minimum Gasteiger partial charge on any atom is -0.494 e. The fourth-order valence-corrected chi connectivity index (χ4v) is 6.20. The number of anilines is 2. The molecule has 3 aromatic rings. The first-order valence-electron chi connectivity index (χ1n) is 15.0. The number of nitrogens with zero attached hydrogens (tertiary/aromatic N) is 1. The van der Waals surface area contributed by atoms with Gasteiger partial charge >= 0.3 is 0 Å². The smallest absolute Gasteiger partial charge is 0.251 e. The molecule has 1 aromatic heterocycles. The standard InChI is InChI=1S/C33H41N3O8S/c1-5-43-26-15-12-24(13-16-26)34-30(37)20-45(40)21-31(38)36(25-14-18-27(41-3)29(19-25)42-4)32(28-17-11-22(2)44-28)33(39)35-23-9-7-6-8-10-23/h11-19,23,32H,5-10,20-21H2,1-4H3,(H,34,37)(H,35,39)/t32-,45+/m0/s1. The number of furan rings is 1. The van der Waals surface area contributed by atoms with Crippen LogP contribution in [-0.4, -0.2) is 60.3 Å². The van der Waals surface area contributed by atoms with Crippen LogP contribution in [0, 0.1) is 6.92 Å². The van der Waals surface area contributed by atoms with Gasteiger partial charge in [-0.1, -0.05) is 19.3 Å². The summed E-state index contributed by atoms with van der Waals surface area (Å²) in [5, 5.41) is 5.81. The minimum atomic E-state index is -1.90. The first kappa shape index (κ1) is 33.6. The normalized spacial score (nSPS) is 14.6. The maximum absolute atomic E-state index is 14.1. The average molecular weight is 640 g/mol. The fourth-order valence-electron chi connectivity index (χ4n) is 5.32. The highest BCUT2D eigenvalue weighted by Gasteiger charge is 2.37. The number of amides is 3. The molecule has 11 nitrogen and oxygen atoms in total. The van der Waals surface area contributed by atoms with Gasteiger partial charge in [0.05, 0.1) is 20.8 Å². The lowest BCUT2D eigenvalue weighted by Crippen LogP contribution is -2.48. The first-order chi connectivity index (χ1) is 21.7. The van der Waals surface area contributed by atoms with Crippen LogP contribution >= 0.6 is 0 Å². The van der Waals surface area contributed by atoms with Crippen molar-refractivity contribution < 1.29 is 37.2 Å². The van der Waals surface area contributed by atoms with Crippen molar-refractivity contribution in [3.63, 3.8) is 0 Å². The fraction of sp³-hybridized carbons (Fsp3) is 0.424. The van der Waals surface area contributed by atoms with Gasteiger partial charge in [-0.15, -0.1) is 0 Å². The van der Waals surface area contributed by atoms with E-state index in [4.69, 9.17) is 18.6 Å². The summed E-state index contributed by atoms with van der Waals surface area (Å²) in [5.74, 6) is -0.255. The third kappa shape index (κ3) is 9.10. The van der Waals surface area contributed by atoms with Gasteiger partial charge in [-0.3, -0.25) is 23.5 Å². The molecule has 1 heterocycles. The Labute approximate surface area is 266 Å². The minimum absolute atomic E-state index is 0.0346. The number of aryl methyl sites for hydroxylation is 1. The van der Waals surface area contributed by atoms with Crippen LogP contribution in [0.4, 0.5) is 11.4 Å². The molecule has 2 atom stereocenters. The van der Waals surface area contributed by atoms with Gasteiger partial charge in [-0.05, 0) is 75.2 Å². The Morgan fingerprint density at radius 3 is 2.29 bits per heavy atom. The summed E-state index contributed by atoms with van der Waals surface area (Å²) in [6, 6.07) is 13.7. The Hall–Kier alpha value is -4.32. The van der Waals surface area contributed by atoms with E-state index in [1.54, 1.807) is 61.5 Å². The molecule has 3 amide bonds.